The summed E-state index contributed by atoms with van der Waals surface area (Å²) in [4.78, 5) is 26.9. The van der Waals surface area contributed by atoms with Gasteiger partial charge in [-0.05, 0) is 62.4 Å². The van der Waals surface area contributed by atoms with E-state index in [-0.39, 0.29) is 17.3 Å². The lowest BCUT2D eigenvalue weighted by atomic mass is 10.1. The van der Waals surface area contributed by atoms with Crippen molar-refractivity contribution in [2.45, 2.75) is 26.5 Å². The molecule has 0 saturated carbocycles. The highest BCUT2D eigenvalue weighted by Crippen LogP contribution is 2.38. The summed E-state index contributed by atoms with van der Waals surface area (Å²) >= 11 is 0. The van der Waals surface area contributed by atoms with E-state index in [4.69, 9.17) is 33.2 Å². The van der Waals surface area contributed by atoms with Gasteiger partial charge in [0.15, 0.2) is 18.2 Å². The van der Waals surface area contributed by atoms with E-state index in [9.17, 15) is 9.59 Å². The van der Waals surface area contributed by atoms with Crippen molar-refractivity contribution in [2.75, 3.05) is 32.0 Å². The molecule has 1 N–H and O–H groups in total. The van der Waals surface area contributed by atoms with Gasteiger partial charge in [-0.15, -0.1) is 0 Å². The molecule has 0 unspecified atom stereocenters. The summed E-state index contributed by atoms with van der Waals surface area (Å²) in [6.45, 7) is 5.29. The Morgan fingerprint density at radius 2 is 1.65 bits per heavy atom. The van der Waals surface area contributed by atoms with Crippen LogP contribution in [0.5, 0.6) is 28.7 Å². The second-order valence-corrected chi connectivity index (χ2v) is 9.36. The van der Waals surface area contributed by atoms with Crippen LogP contribution in [-0.4, -0.2) is 44.2 Å². The van der Waals surface area contributed by atoms with Crippen LogP contribution in [0, 0.1) is 0 Å². The Bertz CT molecular complexity index is 1570. The predicted molar refractivity (Wildman–Crippen MR) is 147 cm³/mol. The van der Waals surface area contributed by atoms with E-state index in [1.165, 1.54) is 13.4 Å². The topological polar surface area (TPSA) is 117 Å². The summed E-state index contributed by atoms with van der Waals surface area (Å²) in [5.41, 5.74) is 2.17. The van der Waals surface area contributed by atoms with Crippen molar-refractivity contribution in [3.63, 3.8) is 0 Å². The minimum absolute atomic E-state index is 0.0358. The Hall–Kier alpha value is -4.70. The zero-order chi connectivity index (χ0) is 28.2. The van der Waals surface area contributed by atoms with Gasteiger partial charge in [-0.25, -0.2) is 4.79 Å². The summed E-state index contributed by atoms with van der Waals surface area (Å²) < 4.78 is 33.6. The van der Waals surface area contributed by atoms with E-state index in [1.54, 1.807) is 50.2 Å². The molecule has 4 aromatic rings. The van der Waals surface area contributed by atoms with Gasteiger partial charge >= 0.3 is 5.97 Å². The summed E-state index contributed by atoms with van der Waals surface area (Å²) in [7, 11) is 1.31. The molecule has 6 rings (SSSR count). The molecule has 3 aromatic carbocycles. The van der Waals surface area contributed by atoms with Gasteiger partial charge in [-0.2, -0.15) is 0 Å². The monoisotopic (exact) mass is 547 g/mol. The Balaban J connectivity index is 0.000000758. The van der Waals surface area contributed by atoms with Gasteiger partial charge in [-0.1, -0.05) is 0 Å². The minimum Gasteiger partial charge on any atom is -0.486 e. The smallest absolute Gasteiger partial charge is 0.337 e. The molecule has 0 amide bonds. The van der Waals surface area contributed by atoms with Crippen molar-refractivity contribution >= 4 is 22.6 Å². The lowest BCUT2D eigenvalue weighted by molar-refractivity contribution is 0.0600. The second kappa shape index (κ2) is 11.6. The van der Waals surface area contributed by atoms with Gasteiger partial charge in [0, 0.05) is 17.9 Å². The molecule has 1 aromatic heterocycles. The van der Waals surface area contributed by atoms with Gasteiger partial charge in [0.1, 0.15) is 36.6 Å². The van der Waals surface area contributed by atoms with Crippen LogP contribution in [0.15, 0.2) is 70.1 Å². The van der Waals surface area contributed by atoms with Gasteiger partial charge < -0.3 is 38.1 Å². The molecule has 10 heteroatoms. The highest BCUT2D eigenvalue weighted by Gasteiger charge is 2.24. The Labute approximate surface area is 230 Å². The molecule has 2 aliphatic rings. The molecule has 40 heavy (non-hydrogen) atoms. The standard InChI is InChI=1S/C27H21NO8.C3H8O/c1-31-27(30)16-2-5-18(6-3-16)36-24-14-34-26-19(25(24)29)7-9-21-20(26)13-28(15-35-21)17-4-8-22-23(12-17)33-11-10-32-22;1-3(2)4/h2-9,12,14H,10-11,13,15H2,1H3;3-4H,1-2H3. The summed E-state index contributed by atoms with van der Waals surface area (Å²) in [5.74, 6) is 2.03. The average molecular weight is 548 g/mol. The van der Waals surface area contributed by atoms with Gasteiger partial charge in [0.25, 0.3) is 0 Å². The minimum atomic E-state index is -0.455. The molecule has 0 bridgehead atoms. The molecular weight excluding hydrogens is 518 g/mol. The van der Waals surface area contributed by atoms with Crippen molar-refractivity contribution in [1.29, 1.82) is 0 Å². The number of rotatable bonds is 4. The molecule has 0 fully saturated rings. The Morgan fingerprint density at radius 1 is 0.950 bits per heavy atom. The van der Waals surface area contributed by atoms with Crippen molar-refractivity contribution in [2.24, 2.45) is 0 Å². The van der Waals surface area contributed by atoms with Crippen LogP contribution in [0.1, 0.15) is 29.8 Å². The van der Waals surface area contributed by atoms with E-state index < -0.39 is 5.97 Å². The molecule has 2 aliphatic heterocycles. The van der Waals surface area contributed by atoms with E-state index >= 15 is 0 Å². The lowest BCUT2D eigenvalue weighted by Crippen LogP contribution is -2.32. The summed E-state index contributed by atoms with van der Waals surface area (Å²) in [5, 5.41) is 8.44. The Morgan fingerprint density at radius 3 is 2.38 bits per heavy atom. The maximum Gasteiger partial charge on any atom is 0.337 e. The number of anilines is 1. The number of methoxy groups -OCH3 is 1. The highest BCUT2D eigenvalue weighted by molar-refractivity contribution is 5.89. The molecule has 0 radical (unpaired) electrons. The normalized spacial score (nSPS) is 13.6. The van der Waals surface area contributed by atoms with Crippen LogP contribution in [0.25, 0.3) is 11.0 Å². The third-order valence-electron chi connectivity index (χ3n) is 6.09. The third kappa shape index (κ3) is 5.67. The zero-order valence-corrected chi connectivity index (χ0v) is 22.3. The Kier molecular flexibility index (Phi) is 7.79. The van der Waals surface area contributed by atoms with Crippen molar-refractivity contribution in [3.8, 4) is 28.7 Å². The van der Waals surface area contributed by atoms with E-state index in [1.807, 2.05) is 23.1 Å². The predicted octanol–water partition coefficient (Wildman–Crippen LogP) is 4.89. The number of aliphatic hydroxyl groups excluding tert-OH is 1. The first-order valence-corrected chi connectivity index (χ1v) is 12.7. The first-order valence-electron chi connectivity index (χ1n) is 12.7. The SMILES string of the molecule is CC(C)O.COC(=O)c1ccc(Oc2coc3c4c(ccc3c2=O)OCN(c2ccc3c(c2)OCCO3)C4)cc1. The molecule has 0 aliphatic carbocycles. The van der Waals surface area contributed by atoms with Gasteiger partial charge in [0.05, 0.1) is 30.2 Å². The lowest BCUT2D eigenvalue weighted by Gasteiger charge is -2.31. The largest absolute Gasteiger partial charge is 0.486 e. The maximum absolute atomic E-state index is 13.2. The average Bonchev–Trinajstić information content (AvgIpc) is 2.97. The van der Waals surface area contributed by atoms with Crippen LogP contribution in [-0.2, 0) is 11.3 Å². The van der Waals surface area contributed by atoms with Crippen molar-refractivity contribution < 1.29 is 38.0 Å². The fraction of sp³-hybridized carbons (Fsp3) is 0.267. The first kappa shape index (κ1) is 26.9. The zero-order valence-electron chi connectivity index (χ0n) is 22.3. The first-order chi connectivity index (χ1) is 19.3. The van der Waals surface area contributed by atoms with Crippen LogP contribution in [0.3, 0.4) is 0 Å². The number of nitrogens with zero attached hydrogens (tertiary/aromatic N) is 1. The van der Waals surface area contributed by atoms with E-state index in [0.717, 1.165) is 11.3 Å². The molecule has 0 atom stereocenters. The maximum atomic E-state index is 13.2. The van der Waals surface area contributed by atoms with Crippen molar-refractivity contribution in [1.82, 2.24) is 0 Å². The number of hydrogen-bond acceptors (Lipinski definition) is 10. The molecule has 0 saturated heterocycles. The summed E-state index contributed by atoms with van der Waals surface area (Å²) in [6, 6.07) is 15.5. The highest BCUT2D eigenvalue weighted by atomic mass is 16.6. The third-order valence-corrected chi connectivity index (χ3v) is 6.09. The summed E-state index contributed by atoms with van der Waals surface area (Å²) in [6.07, 6.45) is 1.13. The van der Waals surface area contributed by atoms with E-state index in [0.29, 0.717) is 66.0 Å². The van der Waals surface area contributed by atoms with Gasteiger partial charge in [0.2, 0.25) is 11.2 Å². The number of fused-ring (bicyclic) bond motifs is 4. The number of hydrogen-bond donors (Lipinski definition) is 1. The number of benzene rings is 3. The molecule has 0 spiro atoms. The van der Waals surface area contributed by atoms with Crippen molar-refractivity contribution in [3.05, 3.63) is 82.2 Å². The molecule has 10 nitrogen and oxygen atoms in total. The fourth-order valence-electron chi connectivity index (χ4n) is 4.26. The fourth-order valence-corrected chi connectivity index (χ4v) is 4.26. The number of carbonyl (C=O) groups is 1. The number of ether oxygens (including phenoxy) is 5. The van der Waals surface area contributed by atoms with Crippen LogP contribution < -0.4 is 29.3 Å². The molecule has 3 heterocycles. The van der Waals surface area contributed by atoms with Crippen LogP contribution >= 0.6 is 0 Å². The van der Waals surface area contributed by atoms with E-state index in [2.05, 4.69) is 0 Å². The van der Waals surface area contributed by atoms with Crippen LogP contribution in [0.2, 0.25) is 0 Å². The number of esters is 1. The quantitative estimate of drug-likeness (QED) is 0.354. The molecule has 208 valence electrons. The number of aliphatic hydroxyl groups is 1. The number of carbonyl (C=O) groups excluding carboxylic acids is 1. The van der Waals surface area contributed by atoms with Crippen LogP contribution in [0.4, 0.5) is 5.69 Å². The van der Waals surface area contributed by atoms with Gasteiger partial charge in [-0.3, -0.25) is 4.79 Å². The second-order valence-electron chi connectivity index (χ2n) is 9.36. The molecular formula is C30H29NO9.